The number of ether oxygens (including phenoxy) is 2. The Hall–Kier alpha value is -2.90. The van der Waals surface area contributed by atoms with E-state index in [1.54, 1.807) is 19.4 Å². The summed E-state index contributed by atoms with van der Waals surface area (Å²) in [6.45, 7) is 2.44. The predicted octanol–water partition coefficient (Wildman–Crippen LogP) is 0.902. The van der Waals surface area contributed by atoms with Crippen LogP contribution in [0.2, 0.25) is 0 Å². The number of anilines is 1. The van der Waals surface area contributed by atoms with E-state index in [1.807, 2.05) is 18.2 Å². The minimum atomic E-state index is -0.465. The quantitative estimate of drug-likeness (QED) is 0.852. The molecular weight excluding hydrogens is 334 g/mol. The van der Waals surface area contributed by atoms with Gasteiger partial charge in [-0.1, -0.05) is 6.07 Å². The highest BCUT2D eigenvalue weighted by atomic mass is 16.5. The van der Waals surface area contributed by atoms with E-state index in [4.69, 9.17) is 9.47 Å². The summed E-state index contributed by atoms with van der Waals surface area (Å²) in [7, 11) is 1.58. The first kappa shape index (κ1) is 16.6. The van der Waals surface area contributed by atoms with Gasteiger partial charge in [0.05, 0.1) is 19.1 Å². The molecule has 2 aliphatic heterocycles. The Morgan fingerprint density at radius 2 is 2.23 bits per heavy atom. The molecule has 4 heterocycles. The molecule has 2 saturated heterocycles. The summed E-state index contributed by atoms with van der Waals surface area (Å²) in [5.41, 5.74) is -0.465. The molecular formula is C18H21N5O3. The van der Waals surface area contributed by atoms with Crippen molar-refractivity contribution in [2.45, 2.75) is 6.42 Å². The van der Waals surface area contributed by atoms with Gasteiger partial charge in [-0.05, 0) is 12.5 Å². The van der Waals surface area contributed by atoms with E-state index in [0.29, 0.717) is 31.5 Å². The number of amides is 1. The third-order valence-electron chi connectivity index (χ3n) is 5.27. The molecule has 8 heteroatoms. The van der Waals surface area contributed by atoms with Crippen LogP contribution >= 0.6 is 0 Å². The van der Waals surface area contributed by atoms with Crippen LogP contribution < -0.4 is 19.7 Å². The average molecular weight is 355 g/mol. The summed E-state index contributed by atoms with van der Waals surface area (Å²) < 4.78 is 11.0. The fourth-order valence-electron chi connectivity index (χ4n) is 3.77. The number of hydrogen-bond acceptors (Lipinski definition) is 7. The number of carbonyl (C=O) groups excluding carboxylic acids is 1. The van der Waals surface area contributed by atoms with Crippen molar-refractivity contribution in [2.75, 3.05) is 38.3 Å². The van der Waals surface area contributed by atoms with Crippen molar-refractivity contribution in [3.63, 3.8) is 0 Å². The molecule has 2 aromatic heterocycles. The van der Waals surface area contributed by atoms with Gasteiger partial charge in [0.25, 0.3) is 0 Å². The van der Waals surface area contributed by atoms with Crippen molar-refractivity contribution in [1.29, 1.82) is 0 Å². The second-order valence-corrected chi connectivity index (χ2v) is 6.63. The smallest absolute Gasteiger partial charge is 0.228 e. The van der Waals surface area contributed by atoms with Crippen molar-refractivity contribution in [1.82, 2.24) is 20.3 Å². The molecule has 2 fully saturated rings. The van der Waals surface area contributed by atoms with Gasteiger partial charge in [-0.2, -0.15) is 0 Å². The van der Waals surface area contributed by atoms with Gasteiger partial charge >= 0.3 is 0 Å². The minimum absolute atomic E-state index is 0.0886. The van der Waals surface area contributed by atoms with Crippen LogP contribution in [-0.4, -0.2) is 54.2 Å². The van der Waals surface area contributed by atoms with E-state index >= 15 is 0 Å². The molecule has 0 aromatic carbocycles. The Labute approximate surface area is 151 Å². The first-order chi connectivity index (χ1) is 12.7. The largest absolute Gasteiger partial charge is 0.481 e. The van der Waals surface area contributed by atoms with E-state index < -0.39 is 5.41 Å². The maximum atomic E-state index is 12.7. The Morgan fingerprint density at radius 3 is 3.04 bits per heavy atom. The highest BCUT2D eigenvalue weighted by Crippen LogP contribution is 2.43. The van der Waals surface area contributed by atoms with Gasteiger partial charge in [-0.15, -0.1) is 0 Å². The zero-order valence-electron chi connectivity index (χ0n) is 14.6. The molecule has 0 bridgehead atoms. The molecule has 4 rings (SSSR count). The van der Waals surface area contributed by atoms with E-state index in [2.05, 4.69) is 25.2 Å². The van der Waals surface area contributed by atoms with Crippen LogP contribution in [0.1, 0.15) is 6.42 Å². The third kappa shape index (κ3) is 2.91. The number of methoxy groups -OCH3 is 1. The van der Waals surface area contributed by atoms with Crippen molar-refractivity contribution in [3.05, 3.63) is 36.8 Å². The Bertz CT molecular complexity index is 787. The lowest BCUT2D eigenvalue weighted by atomic mass is 9.77. The lowest BCUT2D eigenvalue weighted by Gasteiger charge is -2.28. The van der Waals surface area contributed by atoms with Crippen molar-refractivity contribution >= 4 is 11.7 Å². The van der Waals surface area contributed by atoms with Crippen LogP contribution in [-0.2, 0) is 4.79 Å². The van der Waals surface area contributed by atoms with Crippen molar-refractivity contribution < 1.29 is 14.3 Å². The Kier molecular flexibility index (Phi) is 4.32. The molecule has 1 amide bonds. The predicted molar refractivity (Wildman–Crippen MR) is 94.1 cm³/mol. The molecule has 2 atom stereocenters. The van der Waals surface area contributed by atoms with Gasteiger partial charge in [0.15, 0.2) is 0 Å². The summed E-state index contributed by atoms with van der Waals surface area (Å²) in [5, 5.41) is 3.01. The topological polar surface area (TPSA) is 89.5 Å². The molecule has 1 N–H and O–H groups in total. The fraction of sp³-hybridized carbons (Fsp3) is 0.444. The normalized spacial score (nSPS) is 24.7. The van der Waals surface area contributed by atoms with Crippen LogP contribution in [0, 0.1) is 11.3 Å². The number of hydrogen-bond donors (Lipinski definition) is 1. The van der Waals surface area contributed by atoms with Gasteiger partial charge in [0.2, 0.25) is 17.7 Å². The first-order valence-corrected chi connectivity index (χ1v) is 8.64. The number of carbonyl (C=O) groups is 1. The molecule has 0 aliphatic carbocycles. The van der Waals surface area contributed by atoms with Gasteiger partial charge in [0, 0.05) is 43.9 Å². The molecule has 2 aliphatic rings. The van der Waals surface area contributed by atoms with Crippen molar-refractivity contribution in [3.8, 4) is 11.8 Å². The van der Waals surface area contributed by atoms with Crippen molar-refractivity contribution in [2.24, 2.45) is 11.3 Å². The van der Waals surface area contributed by atoms with Crippen LogP contribution in [0.15, 0.2) is 36.8 Å². The van der Waals surface area contributed by atoms with E-state index in [9.17, 15) is 4.79 Å². The van der Waals surface area contributed by atoms with Gasteiger partial charge in [0.1, 0.15) is 12.1 Å². The zero-order valence-corrected chi connectivity index (χ0v) is 14.6. The lowest BCUT2D eigenvalue weighted by Crippen LogP contribution is -2.40. The number of nitrogens with zero attached hydrogens (tertiary/aromatic N) is 4. The van der Waals surface area contributed by atoms with Crippen LogP contribution in [0.4, 0.5) is 5.82 Å². The highest BCUT2D eigenvalue weighted by Gasteiger charge is 2.54. The number of rotatable bonds is 5. The van der Waals surface area contributed by atoms with Crippen LogP contribution in [0.3, 0.4) is 0 Å². The maximum absolute atomic E-state index is 12.7. The molecule has 2 aromatic rings. The van der Waals surface area contributed by atoms with Crippen LogP contribution in [0.25, 0.3) is 0 Å². The summed E-state index contributed by atoms with van der Waals surface area (Å²) in [6, 6.07) is 7.35. The molecule has 0 saturated carbocycles. The highest BCUT2D eigenvalue weighted by molar-refractivity contribution is 5.86. The lowest BCUT2D eigenvalue weighted by molar-refractivity contribution is -0.128. The SMILES string of the molecule is COc1cc(N2CC[C@@]3(C2)C(=O)NC[C@H]3COc2ccccn2)ncn1. The standard InChI is InChI=1S/C18H21N5O3/c1-25-16-8-14(21-12-22-16)23-7-5-18(11-23)13(9-20-17(18)24)10-26-15-4-2-3-6-19-15/h2-4,6,8,12-13H,5,7,9-11H2,1H3,(H,20,24)/t13-,18-/m0/s1. The van der Waals surface area contributed by atoms with Gasteiger partial charge in [-0.3, -0.25) is 4.79 Å². The summed E-state index contributed by atoms with van der Waals surface area (Å²) in [6.07, 6.45) is 3.94. The second-order valence-electron chi connectivity index (χ2n) is 6.63. The fourth-order valence-corrected chi connectivity index (χ4v) is 3.77. The summed E-state index contributed by atoms with van der Waals surface area (Å²) >= 11 is 0. The molecule has 0 unspecified atom stereocenters. The number of pyridine rings is 1. The average Bonchev–Trinajstić information content (AvgIpc) is 3.27. The molecule has 1 spiro atoms. The second kappa shape index (κ2) is 6.78. The maximum Gasteiger partial charge on any atom is 0.228 e. The van der Waals surface area contributed by atoms with E-state index in [0.717, 1.165) is 18.8 Å². The monoisotopic (exact) mass is 355 g/mol. The minimum Gasteiger partial charge on any atom is -0.481 e. The first-order valence-electron chi connectivity index (χ1n) is 8.64. The van der Waals surface area contributed by atoms with Gasteiger partial charge in [-0.25, -0.2) is 15.0 Å². The van der Waals surface area contributed by atoms with E-state index in [-0.39, 0.29) is 11.8 Å². The molecule has 136 valence electrons. The number of nitrogens with one attached hydrogen (secondary N) is 1. The third-order valence-corrected chi connectivity index (χ3v) is 5.27. The Morgan fingerprint density at radius 1 is 1.31 bits per heavy atom. The molecule has 8 nitrogen and oxygen atoms in total. The molecule has 0 radical (unpaired) electrons. The van der Waals surface area contributed by atoms with E-state index in [1.165, 1.54) is 6.33 Å². The van der Waals surface area contributed by atoms with Crippen LogP contribution in [0.5, 0.6) is 11.8 Å². The summed E-state index contributed by atoms with van der Waals surface area (Å²) in [4.78, 5) is 27.3. The molecule has 26 heavy (non-hydrogen) atoms. The number of aromatic nitrogens is 3. The zero-order chi connectivity index (χ0) is 18.0. The summed E-state index contributed by atoms with van der Waals surface area (Å²) in [5.74, 6) is 2.05. The Balaban J connectivity index is 1.49. The van der Waals surface area contributed by atoms with Gasteiger partial charge < -0.3 is 19.7 Å².